The summed E-state index contributed by atoms with van der Waals surface area (Å²) in [5, 5.41) is 9.84. The van der Waals surface area contributed by atoms with Crippen LogP contribution in [0.1, 0.15) is 19.5 Å². The van der Waals surface area contributed by atoms with Crippen LogP contribution in [0.5, 0.6) is 0 Å². The van der Waals surface area contributed by atoms with Gasteiger partial charge < -0.3 is 14.9 Å². The molecule has 1 fully saturated rings. The lowest BCUT2D eigenvalue weighted by molar-refractivity contribution is 0.0739. The van der Waals surface area contributed by atoms with Crippen LogP contribution >= 0.6 is 0 Å². The first-order valence-electron chi connectivity index (χ1n) is 6.09. The van der Waals surface area contributed by atoms with E-state index in [1.165, 1.54) is 0 Å². The van der Waals surface area contributed by atoms with Crippen LogP contribution < -0.4 is 4.90 Å². The molecular weight excluding hydrogens is 214 g/mol. The van der Waals surface area contributed by atoms with Crippen molar-refractivity contribution in [3.05, 3.63) is 24.0 Å². The Hall–Kier alpha value is -1.13. The van der Waals surface area contributed by atoms with Gasteiger partial charge in [0.05, 0.1) is 17.6 Å². The second kappa shape index (κ2) is 4.63. The highest BCUT2D eigenvalue weighted by molar-refractivity contribution is 5.45. The number of likely N-dealkylation sites (N-methyl/N-ethyl adjacent to an activating group) is 1. The summed E-state index contributed by atoms with van der Waals surface area (Å²) >= 11 is 0. The van der Waals surface area contributed by atoms with Crippen LogP contribution in [-0.2, 0) is 5.60 Å². The summed E-state index contributed by atoms with van der Waals surface area (Å²) in [7, 11) is 2.15. The highest BCUT2D eigenvalue weighted by Crippen LogP contribution is 2.21. The smallest absolute Gasteiger partial charge is 0.101 e. The molecule has 0 radical (unpaired) electrons. The first-order valence-corrected chi connectivity index (χ1v) is 6.09. The zero-order valence-corrected chi connectivity index (χ0v) is 10.8. The van der Waals surface area contributed by atoms with Crippen molar-refractivity contribution in [1.29, 1.82) is 0 Å². The molecule has 17 heavy (non-hydrogen) atoms. The van der Waals surface area contributed by atoms with E-state index in [-0.39, 0.29) is 0 Å². The van der Waals surface area contributed by atoms with Gasteiger partial charge in [0.1, 0.15) is 5.60 Å². The summed E-state index contributed by atoms with van der Waals surface area (Å²) in [4.78, 5) is 9.00. The molecule has 0 unspecified atom stereocenters. The molecule has 94 valence electrons. The minimum Gasteiger partial charge on any atom is -0.384 e. The summed E-state index contributed by atoms with van der Waals surface area (Å²) in [6.07, 6.45) is 1.86. The lowest BCUT2D eigenvalue weighted by atomic mass is 10.0. The van der Waals surface area contributed by atoms with Crippen LogP contribution in [0.4, 0.5) is 5.69 Å². The highest BCUT2D eigenvalue weighted by Gasteiger charge is 2.19. The molecule has 0 spiro atoms. The third-order valence-corrected chi connectivity index (χ3v) is 3.24. The summed E-state index contributed by atoms with van der Waals surface area (Å²) in [6, 6.07) is 3.96. The predicted molar refractivity (Wildman–Crippen MR) is 69.2 cm³/mol. The third kappa shape index (κ3) is 2.96. The molecule has 0 amide bonds. The molecule has 0 aromatic carbocycles. The van der Waals surface area contributed by atoms with Crippen molar-refractivity contribution in [3.63, 3.8) is 0 Å². The van der Waals surface area contributed by atoms with E-state index < -0.39 is 5.60 Å². The van der Waals surface area contributed by atoms with Gasteiger partial charge in [0.15, 0.2) is 0 Å². The Bertz CT molecular complexity index is 361. The number of hydrogen-bond acceptors (Lipinski definition) is 4. The van der Waals surface area contributed by atoms with Crippen LogP contribution in [0.25, 0.3) is 0 Å². The maximum absolute atomic E-state index is 9.84. The van der Waals surface area contributed by atoms with Gasteiger partial charge in [-0.2, -0.15) is 0 Å². The number of hydrogen-bond donors (Lipinski definition) is 1. The number of piperazine rings is 1. The van der Waals surface area contributed by atoms with E-state index in [4.69, 9.17) is 0 Å². The lowest BCUT2D eigenvalue weighted by Gasteiger charge is -2.34. The Labute approximate surface area is 103 Å². The van der Waals surface area contributed by atoms with E-state index in [1.807, 2.05) is 18.3 Å². The average molecular weight is 235 g/mol. The second-order valence-electron chi connectivity index (χ2n) is 5.25. The van der Waals surface area contributed by atoms with Crippen molar-refractivity contribution in [1.82, 2.24) is 9.88 Å². The van der Waals surface area contributed by atoms with E-state index in [9.17, 15) is 5.11 Å². The number of nitrogens with zero attached hydrogens (tertiary/aromatic N) is 3. The zero-order valence-electron chi connectivity index (χ0n) is 10.8. The van der Waals surface area contributed by atoms with Gasteiger partial charge in [0, 0.05) is 26.2 Å². The summed E-state index contributed by atoms with van der Waals surface area (Å²) < 4.78 is 0. The Morgan fingerprint density at radius 2 is 1.82 bits per heavy atom. The Kier molecular flexibility index (Phi) is 3.35. The van der Waals surface area contributed by atoms with Crippen molar-refractivity contribution < 1.29 is 5.11 Å². The number of pyridine rings is 1. The molecule has 0 saturated carbocycles. The largest absolute Gasteiger partial charge is 0.384 e. The van der Waals surface area contributed by atoms with Gasteiger partial charge in [0.25, 0.3) is 0 Å². The average Bonchev–Trinajstić information content (AvgIpc) is 2.29. The SMILES string of the molecule is CN1CCN(c2ccc(C(C)(C)O)nc2)CC1. The molecule has 2 heterocycles. The molecule has 1 aliphatic rings. The van der Waals surface area contributed by atoms with Crippen LogP contribution in [0.2, 0.25) is 0 Å². The highest BCUT2D eigenvalue weighted by atomic mass is 16.3. The third-order valence-electron chi connectivity index (χ3n) is 3.24. The Morgan fingerprint density at radius 3 is 2.29 bits per heavy atom. The normalized spacial score (nSPS) is 18.5. The molecule has 0 bridgehead atoms. The fourth-order valence-corrected chi connectivity index (χ4v) is 2.00. The van der Waals surface area contributed by atoms with Gasteiger partial charge in [0.2, 0.25) is 0 Å². The van der Waals surface area contributed by atoms with Crippen molar-refractivity contribution in [2.45, 2.75) is 19.4 Å². The first-order chi connectivity index (χ1) is 7.97. The molecule has 2 rings (SSSR count). The van der Waals surface area contributed by atoms with E-state index in [0.717, 1.165) is 37.6 Å². The number of aromatic nitrogens is 1. The maximum Gasteiger partial charge on any atom is 0.101 e. The van der Waals surface area contributed by atoms with E-state index in [0.29, 0.717) is 0 Å². The maximum atomic E-state index is 9.84. The lowest BCUT2D eigenvalue weighted by Crippen LogP contribution is -2.44. The fraction of sp³-hybridized carbons (Fsp3) is 0.615. The predicted octanol–water partition coefficient (Wildman–Crippen LogP) is 1.06. The van der Waals surface area contributed by atoms with Crippen LogP contribution in [0, 0.1) is 0 Å². The van der Waals surface area contributed by atoms with Crippen molar-refractivity contribution in [3.8, 4) is 0 Å². The molecule has 1 aliphatic heterocycles. The summed E-state index contributed by atoms with van der Waals surface area (Å²) in [6.45, 7) is 7.77. The molecule has 1 aromatic rings. The first kappa shape index (κ1) is 12.3. The molecule has 1 saturated heterocycles. The van der Waals surface area contributed by atoms with Gasteiger partial charge in [-0.1, -0.05) is 0 Å². The van der Waals surface area contributed by atoms with Gasteiger partial charge in [-0.05, 0) is 33.0 Å². The van der Waals surface area contributed by atoms with Crippen LogP contribution in [0.3, 0.4) is 0 Å². The zero-order chi connectivity index (χ0) is 12.5. The standard InChI is InChI=1S/C13H21N3O/c1-13(2,17)12-5-4-11(10-14-12)16-8-6-15(3)7-9-16/h4-5,10,17H,6-9H2,1-3H3. The monoisotopic (exact) mass is 235 g/mol. The van der Waals surface area contributed by atoms with Crippen molar-refractivity contribution in [2.75, 3.05) is 38.1 Å². The summed E-state index contributed by atoms with van der Waals surface area (Å²) in [5.41, 5.74) is 1.00. The van der Waals surface area contributed by atoms with E-state index in [1.54, 1.807) is 13.8 Å². The minimum atomic E-state index is -0.860. The summed E-state index contributed by atoms with van der Waals surface area (Å²) in [5.74, 6) is 0. The molecule has 0 aliphatic carbocycles. The quantitative estimate of drug-likeness (QED) is 0.832. The molecule has 1 N–H and O–H groups in total. The molecular formula is C13H21N3O. The number of anilines is 1. The van der Waals surface area contributed by atoms with Gasteiger partial charge in [-0.25, -0.2) is 0 Å². The van der Waals surface area contributed by atoms with E-state index in [2.05, 4.69) is 21.8 Å². The minimum absolute atomic E-state index is 0.718. The Morgan fingerprint density at radius 1 is 1.18 bits per heavy atom. The Balaban J connectivity index is 2.08. The van der Waals surface area contributed by atoms with E-state index >= 15 is 0 Å². The van der Waals surface area contributed by atoms with Crippen LogP contribution in [-0.4, -0.2) is 48.2 Å². The molecule has 4 heteroatoms. The molecule has 0 atom stereocenters. The van der Waals surface area contributed by atoms with Gasteiger partial charge in [-0.15, -0.1) is 0 Å². The number of rotatable bonds is 2. The van der Waals surface area contributed by atoms with Gasteiger partial charge >= 0.3 is 0 Å². The van der Waals surface area contributed by atoms with Crippen LogP contribution in [0.15, 0.2) is 18.3 Å². The van der Waals surface area contributed by atoms with Gasteiger partial charge in [-0.3, -0.25) is 4.98 Å². The topological polar surface area (TPSA) is 39.6 Å². The van der Waals surface area contributed by atoms with Crippen molar-refractivity contribution >= 4 is 5.69 Å². The number of aliphatic hydroxyl groups is 1. The molecule has 1 aromatic heterocycles. The molecule has 4 nitrogen and oxygen atoms in total. The second-order valence-corrected chi connectivity index (χ2v) is 5.25. The fourth-order valence-electron chi connectivity index (χ4n) is 2.00. The van der Waals surface area contributed by atoms with Crippen molar-refractivity contribution in [2.24, 2.45) is 0 Å².